The number of benzene rings is 2. The van der Waals surface area contributed by atoms with Gasteiger partial charge in [-0.25, -0.2) is 4.79 Å². The van der Waals surface area contributed by atoms with Crippen LogP contribution in [0.15, 0.2) is 53.9 Å². The third kappa shape index (κ3) is 4.17. The zero-order valence-corrected chi connectivity index (χ0v) is 17.4. The van der Waals surface area contributed by atoms with Gasteiger partial charge in [-0.05, 0) is 41.5 Å². The van der Waals surface area contributed by atoms with E-state index in [4.69, 9.17) is 25.8 Å². The number of esters is 1. The van der Waals surface area contributed by atoms with Crippen molar-refractivity contribution in [2.45, 2.75) is 0 Å². The van der Waals surface area contributed by atoms with E-state index in [1.807, 2.05) is 18.2 Å². The molecule has 0 aliphatic carbocycles. The number of carbonyl (C=O) groups is 2. The van der Waals surface area contributed by atoms with E-state index < -0.39 is 5.97 Å². The lowest BCUT2D eigenvalue weighted by Gasteiger charge is -2.07. The average molecular weight is 442 g/mol. The number of hydrogen-bond donors (Lipinski definition) is 1. The number of thiophene rings is 1. The van der Waals surface area contributed by atoms with E-state index in [2.05, 4.69) is 5.32 Å². The summed E-state index contributed by atoms with van der Waals surface area (Å²) in [4.78, 5) is 24.8. The summed E-state index contributed by atoms with van der Waals surface area (Å²) >= 11 is 7.20. The summed E-state index contributed by atoms with van der Waals surface area (Å²) in [5.41, 5.74) is 2.55. The maximum atomic E-state index is 12.5. The monoisotopic (exact) mass is 441 g/mol. The van der Waals surface area contributed by atoms with Gasteiger partial charge in [0, 0.05) is 22.0 Å². The van der Waals surface area contributed by atoms with Crippen LogP contribution in [0.1, 0.15) is 15.9 Å². The molecule has 1 N–H and O–H groups in total. The van der Waals surface area contributed by atoms with Gasteiger partial charge in [0.05, 0.1) is 7.11 Å². The minimum Gasteiger partial charge on any atom is -0.465 e. The average Bonchev–Trinajstić information content (AvgIpc) is 3.39. The van der Waals surface area contributed by atoms with Crippen molar-refractivity contribution in [3.05, 3.63) is 70.1 Å². The van der Waals surface area contributed by atoms with E-state index in [-0.39, 0.29) is 12.7 Å². The van der Waals surface area contributed by atoms with Gasteiger partial charge in [-0.1, -0.05) is 29.8 Å². The highest BCUT2D eigenvalue weighted by molar-refractivity contribution is 7.15. The zero-order chi connectivity index (χ0) is 21.1. The number of carbonyl (C=O) groups excluding carboxylic acids is 2. The van der Waals surface area contributed by atoms with Crippen LogP contribution in [0, 0.1) is 0 Å². The van der Waals surface area contributed by atoms with Crippen molar-refractivity contribution in [1.82, 2.24) is 0 Å². The lowest BCUT2D eigenvalue weighted by Crippen LogP contribution is -2.11. The van der Waals surface area contributed by atoms with E-state index in [9.17, 15) is 9.59 Å². The highest BCUT2D eigenvalue weighted by Crippen LogP contribution is 2.37. The van der Waals surface area contributed by atoms with Crippen LogP contribution < -0.4 is 14.8 Å². The van der Waals surface area contributed by atoms with E-state index in [1.54, 1.807) is 35.7 Å². The highest BCUT2D eigenvalue weighted by atomic mass is 35.5. The van der Waals surface area contributed by atoms with Crippen molar-refractivity contribution in [2.24, 2.45) is 0 Å². The Morgan fingerprint density at radius 1 is 1.13 bits per heavy atom. The van der Waals surface area contributed by atoms with Crippen LogP contribution in [0.5, 0.6) is 11.5 Å². The lowest BCUT2D eigenvalue weighted by atomic mass is 10.0. The maximum absolute atomic E-state index is 12.5. The number of fused-ring (bicyclic) bond motifs is 1. The molecule has 6 nitrogen and oxygen atoms in total. The van der Waals surface area contributed by atoms with E-state index in [1.165, 1.54) is 24.5 Å². The molecule has 2 heterocycles. The fraction of sp³-hybridized carbons (Fsp3) is 0.0909. The second-order valence-electron chi connectivity index (χ2n) is 6.29. The van der Waals surface area contributed by atoms with Gasteiger partial charge < -0.3 is 19.5 Å². The van der Waals surface area contributed by atoms with Gasteiger partial charge in [-0.3, -0.25) is 4.79 Å². The number of rotatable bonds is 5. The van der Waals surface area contributed by atoms with Crippen molar-refractivity contribution in [1.29, 1.82) is 0 Å². The standard InChI is InChI=1S/C22H16ClNO5S/c1-27-22(26)20-16(14-4-6-15(23)7-5-14)11-30-21(20)24-19(25)9-3-13-2-8-17-18(10-13)29-12-28-17/h2-11H,12H2,1H3,(H,24,25)/b9-3+. The summed E-state index contributed by atoms with van der Waals surface area (Å²) in [6.45, 7) is 0.188. The molecule has 0 saturated heterocycles. The minimum atomic E-state index is -0.531. The second-order valence-corrected chi connectivity index (χ2v) is 7.60. The number of amides is 1. The van der Waals surface area contributed by atoms with Gasteiger partial charge in [0.15, 0.2) is 11.5 Å². The van der Waals surface area contributed by atoms with Crippen LogP contribution in [0.4, 0.5) is 5.00 Å². The molecule has 0 bridgehead atoms. The number of ether oxygens (including phenoxy) is 3. The maximum Gasteiger partial charge on any atom is 0.341 e. The molecule has 152 valence electrons. The van der Waals surface area contributed by atoms with E-state index in [0.717, 1.165) is 11.1 Å². The van der Waals surface area contributed by atoms with Crippen LogP contribution in [0.25, 0.3) is 17.2 Å². The molecule has 0 saturated carbocycles. The number of methoxy groups -OCH3 is 1. The van der Waals surface area contributed by atoms with Crippen LogP contribution in [-0.4, -0.2) is 25.8 Å². The van der Waals surface area contributed by atoms with Crippen molar-refractivity contribution >= 4 is 45.9 Å². The Kier molecular flexibility index (Phi) is 5.74. The fourth-order valence-electron chi connectivity index (χ4n) is 2.94. The third-order valence-corrected chi connectivity index (χ3v) is 5.54. The summed E-state index contributed by atoms with van der Waals surface area (Å²) in [6, 6.07) is 12.5. The SMILES string of the molecule is COC(=O)c1c(-c2ccc(Cl)cc2)csc1NC(=O)/C=C/c1ccc2c(c1)OCO2. The van der Waals surface area contributed by atoms with Crippen LogP contribution in [0.3, 0.4) is 0 Å². The Balaban J connectivity index is 1.55. The van der Waals surface area contributed by atoms with E-state index >= 15 is 0 Å². The molecule has 1 aromatic heterocycles. The summed E-state index contributed by atoms with van der Waals surface area (Å²) in [6.07, 6.45) is 3.04. The van der Waals surface area contributed by atoms with Gasteiger partial charge in [-0.2, -0.15) is 0 Å². The van der Waals surface area contributed by atoms with Crippen molar-refractivity contribution in [2.75, 3.05) is 19.2 Å². The van der Waals surface area contributed by atoms with Crippen molar-refractivity contribution in [3.8, 4) is 22.6 Å². The number of nitrogens with one attached hydrogen (secondary N) is 1. The molecular weight excluding hydrogens is 426 g/mol. The molecule has 1 aliphatic rings. The van der Waals surface area contributed by atoms with Crippen LogP contribution >= 0.6 is 22.9 Å². The first-order valence-corrected chi connectivity index (χ1v) is 10.2. The van der Waals surface area contributed by atoms with Gasteiger partial charge in [0.25, 0.3) is 0 Å². The number of halogens is 1. The van der Waals surface area contributed by atoms with Gasteiger partial charge >= 0.3 is 5.97 Å². The molecular formula is C22H16ClNO5S. The summed E-state index contributed by atoms with van der Waals surface area (Å²) in [7, 11) is 1.30. The Morgan fingerprint density at radius 3 is 2.67 bits per heavy atom. The van der Waals surface area contributed by atoms with Crippen molar-refractivity contribution < 1.29 is 23.8 Å². The first-order valence-electron chi connectivity index (χ1n) is 8.89. The summed E-state index contributed by atoms with van der Waals surface area (Å²) in [5.74, 6) is 0.405. The first-order chi connectivity index (χ1) is 14.5. The largest absolute Gasteiger partial charge is 0.465 e. The first kappa shape index (κ1) is 20.0. The Bertz CT molecular complexity index is 1140. The molecule has 4 rings (SSSR count). The molecule has 0 spiro atoms. The Morgan fingerprint density at radius 2 is 1.90 bits per heavy atom. The molecule has 3 aromatic rings. The molecule has 2 aromatic carbocycles. The van der Waals surface area contributed by atoms with Crippen LogP contribution in [-0.2, 0) is 9.53 Å². The summed E-state index contributed by atoms with van der Waals surface area (Å²) < 4.78 is 15.5. The molecule has 1 aliphatic heterocycles. The van der Waals surface area contributed by atoms with Gasteiger partial charge in [0.1, 0.15) is 10.6 Å². The summed E-state index contributed by atoms with van der Waals surface area (Å²) in [5, 5.41) is 5.56. The zero-order valence-electron chi connectivity index (χ0n) is 15.8. The third-order valence-electron chi connectivity index (χ3n) is 4.40. The number of hydrogen-bond acceptors (Lipinski definition) is 6. The predicted octanol–water partition coefficient (Wildman–Crippen LogP) is 5.24. The molecule has 0 unspecified atom stereocenters. The molecule has 0 radical (unpaired) electrons. The second kappa shape index (κ2) is 8.61. The molecule has 0 fully saturated rings. The topological polar surface area (TPSA) is 73.9 Å². The fourth-order valence-corrected chi connectivity index (χ4v) is 4.03. The van der Waals surface area contributed by atoms with Gasteiger partial charge in [-0.15, -0.1) is 11.3 Å². The quantitative estimate of drug-likeness (QED) is 0.433. The predicted molar refractivity (Wildman–Crippen MR) is 116 cm³/mol. The van der Waals surface area contributed by atoms with E-state index in [0.29, 0.717) is 32.6 Å². The number of anilines is 1. The van der Waals surface area contributed by atoms with Crippen molar-refractivity contribution in [3.63, 3.8) is 0 Å². The molecule has 0 atom stereocenters. The normalized spacial score (nSPS) is 12.2. The lowest BCUT2D eigenvalue weighted by molar-refractivity contribution is -0.111. The molecule has 1 amide bonds. The molecule has 8 heteroatoms. The smallest absolute Gasteiger partial charge is 0.341 e. The Hall–Kier alpha value is -3.29. The van der Waals surface area contributed by atoms with Crippen LogP contribution in [0.2, 0.25) is 5.02 Å². The Labute approximate surface area is 181 Å². The molecule has 30 heavy (non-hydrogen) atoms. The highest BCUT2D eigenvalue weighted by Gasteiger charge is 2.22. The minimum absolute atomic E-state index is 0.188. The van der Waals surface area contributed by atoms with Gasteiger partial charge in [0.2, 0.25) is 12.7 Å².